The van der Waals surface area contributed by atoms with Gasteiger partial charge in [0.1, 0.15) is 6.61 Å². The van der Waals surface area contributed by atoms with Crippen LogP contribution in [-0.2, 0) is 11.3 Å². The molecule has 0 bridgehead atoms. The van der Waals surface area contributed by atoms with Crippen molar-refractivity contribution in [3.8, 4) is 11.5 Å². The summed E-state index contributed by atoms with van der Waals surface area (Å²) in [7, 11) is 1.58. The molecule has 0 aromatic heterocycles. The Hall–Kier alpha value is -2.53. The van der Waals surface area contributed by atoms with Crippen molar-refractivity contribution in [3.63, 3.8) is 0 Å². The third kappa shape index (κ3) is 6.12. The second kappa shape index (κ2) is 9.69. The molecule has 0 fully saturated rings. The number of ether oxygens (including phenoxy) is 2. The van der Waals surface area contributed by atoms with Gasteiger partial charge < -0.3 is 14.8 Å². The number of methoxy groups -OCH3 is 1. The van der Waals surface area contributed by atoms with Crippen LogP contribution >= 0.6 is 15.9 Å². The normalized spacial score (nSPS) is 10.5. The van der Waals surface area contributed by atoms with Crippen LogP contribution in [0.5, 0.6) is 11.5 Å². The van der Waals surface area contributed by atoms with Crippen LogP contribution in [-0.4, -0.2) is 19.6 Å². The van der Waals surface area contributed by atoms with E-state index in [1.165, 1.54) is 6.08 Å². The molecule has 1 N–H and O–H groups in total. The second-order valence-electron chi connectivity index (χ2n) is 5.19. The number of rotatable bonds is 8. The Labute approximate surface area is 156 Å². The molecule has 0 saturated heterocycles. The van der Waals surface area contributed by atoms with E-state index in [4.69, 9.17) is 9.47 Å². The molecule has 2 aromatic carbocycles. The summed E-state index contributed by atoms with van der Waals surface area (Å²) in [5.41, 5.74) is 1.89. The van der Waals surface area contributed by atoms with E-state index < -0.39 is 0 Å². The molecule has 1 amide bonds. The molecule has 4 nitrogen and oxygen atoms in total. The van der Waals surface area contributed by atoms with Gasteiger partial charge in [0.25, 0.3) is 0 Å². The number of hydrogen-bond donors (Lipinski definition) is 1. The fourth-order valence-electron chi connectivity index (χ4n) is 2.08. The van der Waals surface area contributed by atoms with E-state index in [1.807, 2.05) is 42.5 Å². The highest BCUT2D eigenvalue weighted by molar-refractivity contribution is 9.10. The van der Waals surface area contributed by atoms with Crippen LogP contribution in [0.1, 0.15) is 11.1 Å². The Morgan fingerprint density at radius 2 is 1.96 bits per heavy atom. The van der Waals surface area contributed by atoms with Crippen molar-refractivity contribution in [2.45, 2.75) is 6.54 Å². The highest BCUT2D eigenvalue weighted by atomic mass is 79.9. The summed E-state index contributed by atoms with van der Waals surface area (Å²) in [5, 5.41) is 2.85. The van der Waals surface area contributed by atoms with Crippen LogP contribution < -0.4 is 14.8 Å². The monoisotopic (exact) mass is 401 g/mol. The van der Waals surface area contributed by atoms with Gasteiger partial charge in [-0.3, -0.25) is 4.79 Å². The Morgan fingerprint density at radius 1 is 1.20 bits per heavy atom. The SMILES string of the molecule is C=CCOc1ccc(/C=C/C(=O)NCc2ccc(Br)cc2)cc1OC. The molecule has 0 aliphatic rings. The average molecular weight is 402 g/mol. The van der Waals surface area contributed by atoms with Gasteiger partial charge >= 0.3 is 0 Å². The van der Waals surface area contributed by atoms with Crippen molar-refractivity contribution in [1.29, 1.82) is 0 Å². The van der Waals surface area contributed by atoms with E-state index in [1.54, 1.807) is 19.3 Å². The topological polar surface area (TPSA) is 47.6 Å². The zero-order valence-corrected chi connectivity index (χ0v) is 15.6. The molecular formula is C20H20BrNO3. The standard InChI is InChI=1S/C20H20BrNO3/c1-3-12-25-18-10-6-15(13-19(18)24-2)7-11-20(23)22-14-16-4-8-17(21)9-5-16/h3-11,13H,1,12,14H2,2H3,(H,22,23)/b11-7+. The lowest BCUT2D eigenvalue weighted by molar-refractivity contribution is -0.116. The van der Waals surface area contributed by atoms with Crippen molar-refractivity contribution in [2.24, 2.45) is 0 Å². The highest BCUT2D eigenvalue weighted by Gasteiger charge is 2.04. The number of carbonyl (C=O) groups excluding carboxylic acids is 1. The predicted octanol–water partition coefficient (Wildman–Crippen LogP) is 4.35. The summed E-state index contributed by atoms with van der Waals surface area (Å²) in [4.78, 5) is 11.9. The zero-order chi connectivity index (χ0) is 18.1. The molecule has 0 unspecified atom stereocenters. The molecule has 130 valence electrons. The van der Waals surface area contributed by atoms with Crippen LogP contribution in [0.4, 0.5) is 0 Å². The average Bonchev–Trinajstić information content (AvgIpc) is 2.64. The van der Waals surface area contributed by atoms with Gasteiger partial charge in [0, 0.05) is 17.1 Å². The minimum Gasteiger partial charge on any atom is -0.493 e. The Morgan fingerprint density at radius 3 is 2.64 bits per heavy atom. The summed E-state index contributed by atoms with van der Waals surface area (Å²) in [6, 6.07) is 13.3. The lowest BCUT2D eigenvalue weighted by atomic mass is 10.2. The summed E-state index contributed by atoms with van der Waals surface area (Å²) in [6.07, 6.45) is 4.90. The van der Waals surface area contributed by atoms with Gasteiger partial charge in [0.2, 0.25) is 5.91 Å². The minimum atomic E-state index is -0.158. The molecule has 0 atom stereocenters. The molecule has 0 aliphatic carbocycles. The fraction of sp³-hybridized carbons (Fsp3) is 0.150. The maximum Gasteiger partial charge on any atom is 0.244 e. The van der Waals surface area contributed by atoms with Gasteiger partial charge in [-0.25, -0.2) is 0 Å². The molecule has 0 radical (unpaired) electrons. The first-order valence-corrected chi connectivity index (χ1v) is 8.53. The van der Waals surface area contributed by atoms with Crippen molar-refractivity contribution in [1.82, 2.24) is 5.32 Å². The summed E-state index contributed by atoms with van der Waals surface area (Å²) in [5.74, 6) is 1.09. The summed E-state index contributed by atoms with van der Waals surface area (Å²) >= 11 is 3.38. The Balaban J connectivity index is 1.94. The second-order valence-corrected chi connectivity index (χ2v) is 6.10. The number of nitrogens with one attached hydrogen (secondary N) is 1. The Bertz CT molecular complexity index is 754. The van der Waals surface area contributed by atoms with Gasteiger partial charge in [-0.15, -0.1) is 0 Å². The minimum absolute atomic E-state index is 0.158. The van der Waals surface area contributed by atoms with Crippen LogP contribution in [0.25, 0.3) is 6.08 Å². The van der Waals surface area contributed by atoms with Crippen molar-refractivity contribution in [2.75, 3.05) is 13.7 Å². The summed E-state index contributed by atoms with van der Waals surface area (Å²) < 4.78 is 11.8. The lowest BCUT2D eigenvalue weighted by Crippen LogP contribution is -2.20. The molecule has 0 spiro atoms. The van der Waals surface area contributed by atoms with E-state index in [2.05, 4.69) is 27.8 Å². The first kappa shape index (κ1) is 18.8. The van der Waals surface area contributed by atoms with Gasteiger partial charge in [0.05, 0.1) is 7.11 Å². The van der Waals surface area contributed by atoms with Gasteiger partial charge in [-0.2, -0.15) is 0 Å². The van der Waals surface area contributed by atoms with Crippen LogP contribution in [0, 0.1) is 0 Å². The quantitative estimate of drug-likeness (QED) is 0.528. The van der Waals surface area contributed by atoms with Crippen molar-refractivity contribution < 1.29 is 14.3 Å². The van der Waals surface area contributed by atoms with Crippen LogP contribution in [0.2, 0.25) is 0 Å². The third-order valence-corrected chi connectivity index (χ3v) is 3.88. The van der Waals surface area contributed by atoms with Crippen molar-refractivity contribution >= 4 is 27.9 Å². The van der Waals surface area contributed by atoms with Crippen molar-refractivity contribution in [3.05, 3.63) is 76.8 Å². The van der Waals surface area contributed by atoms with Gasteiger partial charge in [0.15, 0.2) is 11.5 Å². The number of amides is 1. The molecule has 25 heavy (non-hydrogen) atoms. The largest absolute Gasteiger partial charge is 0.493 e. The van der Waals surface area contributed by atoms with E-state index >= 15 is 0 Å². The lowest BCUT2D eigenvalue weighted by Gasteiger charge is -2.09. The van der Waals surface area contributed by atoms with Crippen LogP contribution in [0.15, 0.2) is 65.7 Å². The summed E-state index contributed by atoms with van der Waals surface area (Å²) in [6.45, 7) is 4.50. The highest BCUT2D eigenvalue weighted by Crippen LogP contribution is 2.28. The number of carbonyl (C=O) groups is 1. The smallest absolute Gasteiger partial charge is 0.244 e. The first-order chi connectivity index (χ1) is 12.1. The molecule has 2 aromatic rings. The van der Waals surface area contributed by atoms with E-state index in [9.17, 15) is 4.79 Å². The van der Waals surface area contributed by atoms with E-state index in [0.717, 1.165) is 15.6 Å². The van der Waals surface area contributed by atoms with E-state index in [0.29, 0.717) is 24.7 Å². The Kier molecular flexibility index (Phi) is 7.29. The maximum absolute atomic E-state index is 11.9. The number of benzene rings is 2. The molecule has 0 saturated carbocycles. The molecule has 5 heteroatoms. The third-order valence-electron chi connectivity index (χ3n) is 3.35. The first-order valence-electron chi connectivity index (χ1n) is 7.74. The zero-order valence-electron chi connectivity index (χ0n) is 14.0. The number of hydrogen-bond acceptors (Lipinski definition) is 3. The maximum atomic E-state index is 11.9. The molecule has 2 rings (SSSR count). The fourth-order valence-corrected chi connectivity index (χ4v) is 2.34. The predicted molar refractivity (Wildman–Crippen MR) is 104 cm³/mol. The van der Waals surface area contributed by atoms with Crippen LogP contribution in [0.3, 0.4) is 0 Å². The number of halogens is 1. The molecular weight excluding hydrogens is 382 g/mol. The van der Waals surface area contributed by atoms with Gasteiger partial charge in [-0.05, 0) is 41.5 Å². The van der Waals surface area contributed by atoms with E-state index in [-0.39, 0.29) is 5.91 Å². The van der Waals surface area contributed by atoms with Gasteiger partial charge in [-0.1, -0.05) is 46.8 Å². The molecule has 0 aliphatic heterocycles. The molecule has 0 heterocycles.